The molecule has 0 fully saturated rings. The van der Waals surface area contributed by atoms with Crippen LogP contribution < -0.4 is 11.1 Å². The number of carbonyl (C=O) groups is 1. The Morgan fingerprint density at radius 2 is 2.24 bits per heavy atom. The summed E-state index contributed by atoms with van der Waals surface area (Å²) in [5, 5.41) is 14.0. The molecule has 1 atom stereocenters. The van der Waals surface area contributed by atoms with Gasteiger partial charge in [0.25, 0.3) is 0 Å². The first kappa shape index (κ1) is 13.5. The molecule has 4 N–H and O–H groups in total. The second kappa shape index (κ2) is 5.67. The normalized spacial score (nSPS) is 13.2. The lowest BCUT2D eigenvalue weighted by molar-refractivity contribution is -0.117. The number of benzene rings is 1. The molecule has 0 saturated heterocycles. The lowest BCUT2D eigenvalue weighted by Crippen LogP contribution is -2.32. The number of carbonyl (C=O) groups excluding carboxylic acids is 1. The van der Waals surface area contributed by atoms with Gasteiger partial charge >= 0.3 is 0 Å². The molecule has 0 radical (unpaired) electrons. The van der Waals surface area contributed by atoms with Crippen LogP contribution in [0.1, 0.15) is 12.5 Å². The van der Waals surface area contributed by atoms with Crippen molar-refractivity contribution in [3.05, 3.63) is 28.2 Å². The molecule has 1 amide bonds. The van der Waals surface area contributed by atoms with Gasteiger partial charge in [-0.05, 0) is 31.5 Å². The third-order valence-corrected chi connectivity index (χ3v) is 2.90. The molecule has 0 aromatic heterocycles. The summed E-state index contributed by atoms with van der Waals surface area (Å²) < 4.78 is 0.870. The van der Waals surface area contributed by atoms with Crippen molar-refractivity contribution in [2.24, 2.45) is 16.8 Å². The standard InChI is InChI=1S/C11H14BrN3O2/c1-6-3-4-8(12)5-9(6)14-11(16)7(2)10(13)15-17/h3-5,7,17H,1-2H3,(H2,13,15)(H,14,16). The number of anilines is 1. The van der Waals surface area contributed by atoms with Gasteiger partial charge in [-0.1, -0.05) is 27.2 Å². The van der Waals surface area contributed by atoms with Gasteiger partial charge in [0, 0.05) is 10.2 Å². The Balaban J connectivity index is 2.84. The molecular weight excluding hydrogens is 286 g/mol. The van der Waals surface area contributed by atoms with Crippen LogP contribution in [0.15, 0.2) is 27.8 Å². The van der Waals surface area contributed by atoms with Crippen LogP contribution in [0.4, 0.5) is 5.69 Å². The molecular formula is C11H14BrN3O2. The summed E-state index contributed by atoms with van der Waals surface area (Å²) in [6, 6.07) is 5.57. The minimum Gasteiger partial charge on any atom is -0.409 e. The first-order chi connectivity index (χ1) is 7.95. The highest BCUT2D eigenvalue weighted by molar-refractivity contribution is 9.10. The number of nitrogens with zero attached hydrogens (tertiary/aromatic N) is 1. The van der Waals surface area contributed by atoms with Crippen LogP contribution in [0.3, 0.4) is 0 Å². The van der Waals surface area contributed by atoms with Gasteiger partial charge in [0.1, 0.15) is 0 Å². The van der Waals surface area contributed by atoms with E-state index >= 15 is 0 Å². The van der Waals surface area contributed by atoms with E-state index in [1.165, 1.54) is 0 Å². The highest BCUT2D eigenvalue weighted by atomic mass is 79.9. The van der Waals surface area contributed by atoms with Gasteiger partial charge in [0.15, 0.2) is 5.84 Å². The van der Waals surface area contributed by atoms with Crippen molar-refractivity contribution in [3.63, 3.8) is 0 Å². The van der Waals surface area contributed by atoms with Crippen LogP contribution >= 0.6 is 15.9 Å². The first-order valence-corrected chi connectivity index (χ1v) is 5.79. The minimum atomic E-state index is -0.682. The third-order valence-electron chi connectivity index (χ3n) is 2.41. The van der Waals surface area contributed by atoms with Crippen molar-refractivity contribution < 1.29 is 10.0 Å². The molecule has 6 heteroatoms. The molecule has 5 nitrogen and oxygen atoms in total. The predicted octanol–water partition coefficient (Wildman–Crippen LogP) is 2.08. The van der Waals surface area contributed by atoms with E-state index in [1.54, 1.807) is 13.0 Å². The molecule has 0 heterocycles. The predicted molar refractivity (Wildman–Crippen MR) is 70.1 cm³/mol. The van der Waals surface area contributed by atoms with Crippen LogP contribution in [0, 0.1) is 12.8 Å². The molecule has 1 aromatic carbocycles. The molecule has 0 saturated carbocycles. The van der Waals surface area contributed by atoms with Crippen LogP contribution in [-0.4, -0.2) is 17.0 Å². The van der Waals surface area contributed by atoms with Gasteiger partial charge in [0.05, 0.1) is 5.92 Å². The average molecular weight is 300 g/mol. The van der Waals surface area contributed by atoms with E-state index in [-0.39, 0.29) is 11.7 Å². The summed E-state index contributed by atoms with van der Waals surface area (Å²) in [5.74, 6) is -1.12. The molecule has 0 aliphatic heterocycles. The molecule has 1 aromatic rings. The van der Waals surface area contributed by atoms with Crippen LogP contribution in [0.5, 0.6) is 0 Å². The van der Waals surface area contributed by atoms with Gasteiger partial charge in [-0.3, -0.25) is 4.79 Å². The van der Waals surface area contributed by atoms with Crippen molar-refractivity contribution in [3.8, 4) is 0 Å². The Kier molecular flexibility index (Phi) is 4.51. The number of rotatable bonds is 3. The third kappa shape index (κ3) is 3.45. The van der Waals surface area contributed by atoms with Crippen LogP contribution in [0.2, 0.25) is 0 Å². The van der Waals surface area contributed by atoms with Gasteiger partial charge in [-0.2, -0.15) is 0 Å². The van der Waals surface area contributed by atoms with Gasteiger partial charge < -0.3 is 16.3 Å². The smallest absolute Gasteiger partial charge is 0.234 e. The Hall–Kier alpha value is -1.56. The monoisotopic (exact) mass is 299 g/mol. The zero-order valence-electron chi connectivity index (χ0n) is 9.57. The van der Waals surface area contributed by atoms with Crippen molar-refractivity contribution in [1.29, 1.82) is 0 Å². The summed E-state index contributed by atoms with van der Waals surface area (Å²) in [6.45, 7) is 3.45. The molecule has 0 aliphatic carbocycles. The second-order valence-corrected chi connectivity index (χ2v) is 4.61. The number of hydrogen-bond donors (Lipinski definition) is 3. The van der Waals surface area contributed by atoms with Crippen LogP contribution in [0.25, 0.3) is 0 Å². The Bertz CT molecular complexity index is 460. The minimum absolute atomic E-state index is 0.116. The highest BCUT2D eigenvalue weighted by Gasteiger charge is 2.18. The summed E-state index contributed by atoms with van der Waals surface area (Å²) in [7, 11) is 0. The van der Waals surface area contributed by atoms with Gasteiger partial charge in [0.2, 0.25) is 5.91 Å². The molecule has 92 valence electrons. The second-order valence-electron chi connectivity index (χ2n) is 3.70. The van der Waals surface area contributed by atoms with E-state index in [1.807, 2.05) is 19.1 Å². The fraction of sp³-hybridized carbons (Fsp3) is 0.273. The van der Waals surface area contributed by atoms with Crippen molar-refractivity contribution in [1.82, 2.24) is 0 Å². The number of amidine groups is 1. The molecule has 1 unspecified atom stereocenters. The van der Waals surface area contributed by atoms with Gasteiger partial charge in [-0.25, -0.2) is 0 Å². The zero-order chi connectivity index (χ0) is 13.0. The summed E-state index contributed by atoms with van der Waals surface area (Å²) in [6.07, 6.45) is 0. The van der Waals surface area contributed by atoms with Crippen molar-refractivity contribution in [2.75, 3.05) is 5.32 Å². The quantitative estimate of drug-likeness (QED) is 0.345. The van der Waals surface area contributed by atoms with Crippen LogP contribution in [-0.2, 0) is 4.79 Å². The lowest BCUT2D eigenvalue weighted by Gasteiger charge is -2.12. The van der Waals surface area contributed by atoms with E-state index in [4.69, 9.17) is 10.9 Å². The fourth-order valence-electron chi connectivity index (χ4n) is 1.19. The number of nitrogens with two attached hydrogens (primary N) is 1. The Labute approximate surface area is 108 Å². The SMILES string of the molecule is Cc1ccc(Br)cc1NC(=O)C(C)C(N)=NO. The number of amides is 1. The van der Waals surface area contributed by atoms with E-state index in [2.05, 4.69) is 26.4 Å². The number of hydrogen-bond acceptors (Lipinski definition) is 3. The van der Waals surface area contributed by atoms with Crippen molar-refractivity contribution >= 4 is 33.4 Å². The molecule has 1 rings (SSSR count). The average Bonchev–Trinajstić information content (AvgIpc) is 2.31. The fourth-order valence-corrected chi connectivity index (χ4v) is 1.55. The van der Waals surface area contributed by atoms with Gasteiger partial charge in [-0.15, -0.1) is 0 Å². The number of halogens is 1. The Morgan fingerprint density at radius 1 is 1.59 bits per heavy atom. The largest absolute Gasteiger partial charge is 0.409 e. The van der Waals surface area contributed by atoms with E-state index in [0.717, 1.165) is 10.0 Å². The summed E-state index contributed by atoms with van der Waals surface area (Å²) in [4.78, 5) is 11.8. The topological polar surface area (TPSA) is 87.7 Å². The first-order valence-electron chi connectivity index (χ1n) is 5.00. The molecule has 0 aliphatic rings. The maximum absolute atomic E-state index is 11.8. The number of aryl methyl sites for hydroxylation is 1. The number of oxime groups is 1. The number of nitrogens with one attached hydrogen (secondary N) is 1. The maximum Gasteiger partial charge on any atom is 0.234 e. The lowest BCUT2D eigenvalue weighted by atomic mass is 10.1. The molecule has 0 bridgehead atoms. The summed E-state index contributed by atoms with van der Waals surface area (Å²) in [5.41, 5.74) is 7.00. The van der Waals surface area contributed by atoms with Crippen molar-refractivity contribution in [2.45, 2.75) is 13.8 Å². The Morgan fingerprint density at radius 3 is 2.82 bits per heavy atom. The molecule has 17 heavy (non-hydrogen) atoms. The van der Waals surface area contributed by atoms with E-state index in [0.29, 0.717) is 5.69 Å². The highest BCUT2D eigenvalue weighted by Crippen LogP contribution is 2.21. The summed E-state index contributed by atoms with van der Waals surface area (Å²) >= 11 is 3.33. The molecule has 0 spiro atoms. The maximum atomic E-state index is 11.8. The van der Waals surface area contributed by atoms with E-state index < -0.39 is 5.92 Å². The zero-order valence-corrected chi connectivity index (χ0v) is 11.2. The van der Waals surface area contributed by atoms with E-state index in [9.17, 15) is 4.79 Å².